The molecule has 0 aliphatic heterocycles. The quantitative estimate of drug-likeness (QED) is 0.728. The number of fused-ring (bicyclic) bond motifs is 3. The van der Waals surface area contributed by atoms with Crippen LogP contribution in [-0.4, -0.2) is 29.8 Å². The van der Waals surface area contributed by atoms with Crippen molar-refractivity contribution in [3.63, 3.8) is 0 Å². The number of aliphatic carboxylic acids is 1. The Kier molecular flexibility index (Phi) is 5.15. The molecule has 1 amide bonds. The third-order valence-electron chi connectivity index (χ3n) is 5.54. The maximum Gasteiger partial charge on any atom is 0.407 e. The minimum atomic E-state index is -1.04. The summed E-state index contributed by atoms with van der Waals surface area (Å²) in [4.78, 5) is 23.8. The number of carboxylic acids is 1. The van der Waals surface area contributed by atoms with Crippen LogP contribution in [0, 0.1) is 0 Å². The van der Waals surface area contributed by atoms with E-state index in [2.05, 4.69) is 23.5 Å². The van der Waals surface area contributed by atoms with Gasteiger partial charge in [-0.3, -0.25) is 0 Å². The lowest BCUT2D eigenvalue weighted by molar-refractivity contribution is -0.139. The van der Waals surface area contributed by atoms with Crippen molar-refractivity contribution in [3.8, 4) is 11.1 Å². The highest BCUT2D eigenvalue weighted by molar-refractivity contribution is 5.81. The zero-order valence-electron chi connectivity index (χ0n) is 15.6. The lowest BCUT2D eigenvalue weighted by Gasteiger charge is -2.18. The van der Waals surface area contributed by atoms with Crippen LogP contribution >= 0.6 is 0 Å². The molecule has 5 heteroatoms. The minimum Gasteiger partial charge on any atom is -0.480 e. The first kappa shape index (κ1) is 18.3. The van der Waals surface area contributed by atoms with Crippen molar-refractivity contribution < 1.29 is 19.4 Å². The lowest BCUT2D eigenvalue weighted by Crippen LogP contribution is -2.41. The van der Waals surface area contributed by atoms with Crippen LogP contribution in [0.25, 0.3) is 11.1 Å². The van der Waals surface area contributed by atoms with Gasteiger partial charge in [-0.2, -0.15) is 0 Å². The van der Waals surface area contributed by atoms with E-state index >= 15 is 0 Å². The molecule has 0 aromatic heterocycles. The molecule has 0 radical (unpaired) electrons. The van der Waals surface area contributed by atoms with Gasteiger partial charge in [-0.05, 0) is 47.9 Å². The molecule has 2 aliphatic rings. The summed E-state index contributed by atoms with van der Waals surface area (Å²) in [6.45, 7) is 0.175. The van der Waals surface area contributed by atoms with Crippen molar-refractivity contribution in [3.05, 3.63) is 71.3 Å². The van der Waals surface area contributed by atoms with E-state index in [0.29, 0.717) is 6.42 Å². The average molecular weight is 377 g/mol. The zero-order valence-corrected chi connectivity index (χ0v) is 15.6. The molecule has 0 heterocycles. The van der Waals surface area contributed by atoms with Crippen molar-refractivity contribution in [2.24, 2.45) is 0 Å². The van der Waals surface area contributed by atoms with E-state index in [1.54, 1.807) is 0 Å². The second kappa shape index (κ2) is 7.89. The Hall–Kier alpha value is -3.08. The molecule has 5 nitrogen and oxygen atoms in total. The standard InChI is InChI=1S/C23H23NO4/c25-22(26)21(13-15-7-1-2-8-15)24-23(27)28-14-20-18-11-5-3-9-16(18)17-10-4-6-12-19(17)20/h3-7,9-12,20-21H,1-2,8,13-14H2,(H,24,27)(H,25,26)/t21-/m0/s1. The highest BCUT2D eigenvalue weighted by atomic mass is 16.5. The summed E-state index contributed by atoms with van der Waals surface area (Å²) in [7, 11) is 0. The molecular weight excluding hydrogens is 354 g/mol. The van der Waals surface area contributed by atoms with Gasteiger partial charge in [-0.1, -0.05) is 60.2 Å². The van der Waals surface area contributed by atoms with Crippen LogP contribution in [0.5, 0.6) is 0 Å². The SMILES string of the molecule is O=C(N[C@@H](CC1=CCCC1)C(=O)O)OCC1c2ccccc2-c2ccccc21. The Balaban J connectivity index is 1.42. The molecule has 0 bridgehead atoms. The Morgan fingerprint density at radius 1 is 1.07 bits per heavy atom. The van der Waals surface area contributed by atoms with Crippen molar-refractivity contribution in [2.45, 2.75) is 37.6 Å². The fourth-order valence-corrected chi connectivity index (χ4v) is 4.17. The Labute approximate surface area is 164 Å². The van der Waals surface area contributed by atoms with Crippen LogP contribution in [0.1, 0.15) is 42.7 Å². The maximum absolute atomic E-state index is 12.3. The molecular formula is C23H23NO4. The van der Waals surface area contributed by atoms with E-state index in [9.17, 15) is 14.7 Å². The Morgan fingerprint density at radius 2 is 1.71 bits per heavy atom. The first-order valence-corrected chi connectivity index (χ1v) is 9.65. The number of hydrogen-bond donors (Lipinski definition) is 2. The second-order valence-electron chi connectivity index (χ2n) is 7.32. The van der Waals surface area contributed by atoms with E-state index in [0.717, 1.165) is 47.1 Å². The number of nitrogens with one attached hydrogen (secondary N) is 1. The van der Waals surface area contributed by atoms with Crippen molar-refractivity contribution in [2.75, 3.05) is 6.61 Å². The fourth-order valence-electron chi connectivity index (χ4n) is 4.17. The van der Waals surface area contributed by atoms with Crippen LogP contribution in [0.3, 0.4) is 0 Å². The smallest absolute Gasteiger partial charge is 0.407 e. The molecule has 2 aliphatic carbocycles. The molecule has 0 unspecified atom stereocenters. The van der Waals surface area contributed by atoms with E-state index in [4.69, 9.17) is 4.74 Å². The second-order valence-corrected chi connectivity index (χ2v) is 7.32. The summed E-state index contributed by atoms with van der Waals surface area (Å²) in [5.41, 5.74) is 5.66. The minimum absolute atomic E-state index is 0.0426. The topological polar surface area (TPSA) is 75.6 Å². The van der Waals surface area contributed by atoms with Gasteiger partial charge in [0.15, 0.2) is 0 Å². The van der Waals surface area contributed by atoms with Gasteiger partial charge in [-0.25, -0.2) is 9.59 Å². The first-order valence-electron chi connectivity index (χ1n) is 9.65. The monoisotopic (exact) mass is 377 g/mol. The Morgan fingerprint density at radius 3 is 2.29 bits per heavy atom. The molecule has 1 atom stereocenters. The number of ether oxygens (including phenoxy) is 1. The molecule has 2 aromatic rings. The number of carbonyl (C=O) groups excluding carboxylic acids is 1. The van der Waals surface area contributed by atoms with E-state index in [1.807, 2.05) is 36.4 Å². The normalized spacial score (nSPS) is 16.1. The predicted molar refractivity (Wildman–Crippen MR) is 106 cm³/mol. The van der Waals surface area contributed by atoms with Gasteiger partial charge in [-0.15, -0.1) is 0 Å². The summed E-state index contributed by atoms with van der Waals surface area (Å²) < 4.78 is 5.45. The lowest BCUT2D eigenvalue weighted by atomic mass is 9.98. The van der Waals surface area contributed by atoms with Crippen LogP contribution in [0.2, 0.25) is 0 Å². The molecule has 0 saturated carbocycles. The molecule has 2 N–H and O–H groups in total. The van der Waals surface area contributed by atoms with Crippen LogP contribution < -0.4 is 5.32 Å². The van der Waals surface area contributed by atoms with Gasteiger partial charge in [0, 0.05) is 5.92 Å². The molecule has 0 saturated heterocycles. The molecule has 0 spiro atoms. The van der Waals surface area contributed by atoms with E-state index < -0.39 is 18.1 Å². The Bertz CT molecular complexity index is 888. The van der Waals surface area contributed by atoms with Gasteiger partial charge >= 0.3 is 12.1 Å². The fraction of sp³-hybridized carbons (Fsp3) is 0.304. The van der Waals surface area contributed by atoms with Gasteiger partial charge in [0.25, 0.3) is 0 Å². The van der Waals surface area contributed by atoms with Crippen molar-refractivity contribution >= 4 is 12.1 Å². The number of alkyl carbamates (subject to hydrolysis) is 1. The third kappa shape index (κ3) is 3.65. The largest absolute Gasteiger partial charge is 0.480 e. The number of benzene rings is 2. The van der Waals surface area contributed by atoms with Crippen molar-refractivity contribution in [1.29, 1.82) is 0 Å². The van der Waals surface area contributed by atoms with Gasteiger partial charge in [0.1, 0.15) is 12.6 Å². The number of carboxylic acid groups (broad SMARTS) is 1. The average Bonchev–Trinajstić information content (AvgIpc) is 3.32. The maximum atomic E-state index is 12.3. The summed E-state index contributed by atoms with van der Waals surface area (Å²) >= 11 is 0. The molecule has 28 heavy (non-hydrogen) atoms. The summed E-state index contributed by atoms with van der Waals surface area (Å²) in [5, 5.41) is 11.9. The number of amides is 1. The predicted octanol–water partition coefficient (Wildman–Crippen LogP) is 4.48. The molecule has 0 fully saturated rings. The highest BCUT2D eigenvalue weighted by Gasteiger charge is 2.30. The summed E-state index contributed by atoms with van der Waals surface area (Å²) in [6.07, 6.45) is 4.64. The number of rotatable bonds is 6. The van der Waals surface area contributed by atoms with E-state index in [-0.39, 0.29) is 12.5 Å². The number of hydrogen-bond acceptors (Lipinski definition) is 3. The highest BCUT2D eigenvalue weighted by Crippen LogP contribution is 2.44. The van der Waals surface area contributed by atoms with E-state index in [1.165, 1.54) is 0 Å². The summed E-state index contributed by atoms with van der Waals surface area (Å²) in [5.74, 6) is -1.08. The number of carbonyl (C=O) groups is 2. The number of allylic oxidation sites excluding steroid dienone is 1. The van der Waals surface area contributed by atoms with Gasteiger partial charge in [0.2, 0.25) is 0 Å². The summed E-state index contributed by atoms with van der Waals surface area (Å²) in [6, 6.07) is 15.2. The third-order valence-corrected chi connectivity index (χ3v) is 5.54. The molecule has 144 valence electrons. The van der Waals surface area contributed by atoms with Gasteiger partial charge < -0.3 is 15.2 Å². The molecule has 2 aromatic carbocycles. The van der Waals surface area contributed by atoms with Crippen LogP contribution in [0.15, 0.2) is 60.2 Å². The van der Waals surface area contributed by atoms with Crippen LogP contribution in [-0.2, 0) is 9.53 Å². The van der Waals surface area contributed by atoms with Crippen molar-refractivity contribution in [1.82, 2.24) is 5.32 Å². The molecule has 4 rings (SSSR count). The zero-order chi connectivity index (χ0) is 19.5. The van der Waals surface area contributed by atoms with Crippen LogP contribution in [0.4, 0.5) is 4.79 Å². The van der Waals surface area contributed by atoms with Gasteiger partial charge in [0.05, 0.1) is 0 Å². The first-order chi connectivity index (χ1) is 13.6.